The number of hydrogen-bond acceptors (Lipinski definition) is 7. The zero-order valence-electron chi connectivity index (χ0n) is 23.8. The number of hydrogen-bond donors (Lipinski definition) is 0. The van der Waals surface area contributed by atoms with Crippen molar-refractivity contribution < 1.29 is 21.6 Å². The van der Waals surface area contributed by atoms with Crippen LogP contribution < -0.4 is 4.74 Å². The SMILES string of the molecule is CC1CC(C)CN(CCS(=O)(=O)c2ccc(Oc3ccc(S(=O)(=O)CCN4CC(C)CC(C)C4)cc3)cc2)C1. The molecule has 7 nitrogen and oxygen atoms in total. The molecule has 2 fully saturated rings. The number of benzene rings is 2. The Hall–Kier alpha value is -1.94. The average molecular weight is 577 g/mol. The quantitative estimate of drug-likeness (QED) is 0.394. The van der Waals surface area contributed by atoms with Crippen molar-refractivity contribution in [1.82, 2.24) is 9.80 Å². The third-order valence-corrected chi connectivity index (χ3v) is 11.3. The molecule has 0 N–H and O–H groups in total. The molecule has 0 aliphatic carbocycles. The molecule has 2 saturated heterocycles. The number of sulfone groups is 2. The molecule has 2 aliphatic rings. The van der Waals surface area contributed by atoms with Gasteiger partial charge < -0.3 is 14.5 Å². The lowest BCUT2D eigenvalue weighted by molar-refractivity contribution is 0.148. The van der Waals surface area contributed by atoms with E-state index >= 15 is 0 Å². The molecule has 216 valence electrons. The minimum Gasteiger partial charge on any atom is -0.457 e. The van der Waals surface area contributed by atoms with Crippen molar-refractivity contribution in [3.8, 4) is 11.5 Å². The number of likely N-dealkylation sites (tertiary alicyclic amines) is 2. The first-order chi connectivity index (χ1) is 18.4. The molecule has 2 aromatic rings. The maximum absolute atomic E-state index is 12.9. The Morgan fingerprint density at radius 2 is 0.897 bits per heavy atom. The van der Waals surface area contributed by atoms with E-state index in [0.717, 1.165) is 26.2 Å². The molecule has 0 bridgehead atoms. The molecule has 0 saturated carbocycles. The van der Waals surface area contributed by atoms with Gasteiger partial charge in [0.25, 0.3) is 0 Å². The van der Waals surface area contributed by atoms with Crippen LogP contribution in [-0.4, -0.2) is 77.4 Å². The molecule has 4 atom stereocenters. The Morgan fingerprint density at radius 1 is 0.590 bits per heavy atom. The van der Waals surface area contributed by atoms with Crippen LogP contribution in [0, 0.1) is 23.7 Å². The number of piperidine rings is 2. The van der Waals surface area contributed by atoms with E-state index < -0.39 is 19.7 Å². The van der Waals surface area contributed by atoms with Gasteiger partial charge in [-0.05, 0) is 85.0 Å². The van der Waals surface area contributed by atoms with Gasteiger partial charge in [0.05, 0.1) is 21.3 Å². The van der Waals surface area contributed by atoms with E-state index in [1.807, 2.05) is 0 Å². The van der Waals surface area contributed by atoms with Gasteiger partial charge >= 0.3 is 0 Å². The monoisotopic (exact) mass is 576 g/mol. The summed E-state index contributed by atoms with van der Waals surface area (Å²) >= 11 is 0. The van der Waals surface area contributed by atoms with Gasteiger partial charge in [0.15, 0.2) is 19.7 Å². The van der Waals surface area contributed by atoms with Crippen LogP contribution in [0.25, 0.3) is 0 Å². The molecule has 2 aliphatic heterocycles. The average Bonchev–Trinajstić information content (AvgIpc) is 2.86. The molecule has 4 rings (SSSR count). The van der Waals surface area contributed by atoms with Gasteiger partial charge in [-0.3, -0.25) is 0 Å². The molecule has 0 spiro atoms. The Kier molecular flexibility index (Phi) is 9.78. The fourth-order valence-corrected chi connectivity index (χ4v) is 8.82. The molecule has 0 radical (unpaired) electrons. The zero-order valence-corrected chi connectivity index (χ0v) is 25.4. The lowest BCUT2D eigenvalue weighted by Gasteiger charge is -2.34. The van der Waals surface area contributed by atoms with Crippen molar-refractivity contribution in [2.24, 2.45) is 23.7 Å². The van der Waals surface area contributed by atoms with Crippen LogP contribution >= 0.6 is 0 Å². The lowest BCUT2D eigenvalue weighted by Crippen LogP contribution is -2.41. The Morgan fingerprint density at radius 3 is 1.21 bits per heavy atom. The van der Waals surface area contributed by atoms with Crippen LogP contribution in [0.4, 0.5) is 0 Å². The van der Waals surface area contributed by atoms with Crippen molar-refractivity contribution in [1.29, 1.82) is 0 Å². The molecule has 4 unspecified atom stereocenters. The fraction of sp³-hybridized carbons (Fsp3) is 0.600. The third-order valence-electron chi connectivity index (χ3n) is 7.84. The van der Waals surface area contributed by atoms with E-state index in [0.29, 0.717) is 48.3 Å². The second kappa shape index (κ2) is 12.7. The molecular weight excluding hydrogens is 532 g/mol. The smallest absolute Gasteiger partial charge is 0.179 e. The van der Waals surface area contributed by atoms with E-state index in [9.17, 15) is 16.8 Å². The highest BCUT2D eigenvalue weighted by molar-refractivity contribution is 7.91. The van der Waals surface area contributed by atoms with Crippen LogP contribution in [0.3, 0.4) is 0 Å². The predicted octanol–water partition coefficient (Wildman–Crippen LogP) is 4.98. The van der Waals surface area contributed by atoms with Gasteiger partial charge in [0.1, 0.15) is 11.5 Å². The molecule has 2 aromatic carbocycles. The summed E-state index contributed by atoms with van der Waals surface area (Å²) in [7, 11) is -6.79. The second-order valence-corrected chi connectivity index (χ2v) is 16.3. The fourth-order valence-electron chi connectivity index (χ4n) is 6.25. The maximum Gasteiger partial charge on any atom is 0.179 e. The van der Waals surface area contributed by atoms with Crippen LogP contribution in [0.2, 0.25) is 0 Å². The summed E-state index contributed by atoms with van der Waals surface area (Å²) in [6.45, 7) is 13.8. The number of rotatable bonds is 10. The zero-order chi connectivity index (χ0) is 28.2. The van der Waals surface area contributed by atoms with Gasteiger partial charge in [-0.15, -0.1) is 0 Å². The van der Waals surface area contributed by atoms with Gasteiger partial charge in [0, 0.05) is 39.3 Å². The van der Waals surface area contributed by atoms with Gasteiger partial charge in [-0.1, -0.05) is 27.7 Å². The maximum atomic E-state index is 12.9. The standard InChI is InChI=1S/C30H44N2O5S2/c1-23-17-24(2)20-31(19-23)13-15-38(33,34)29-9-5-27(6-10-29)37-28-7-11-30(12-8-28)39(35,36)16-14-32-21-25(3)18-26(4)22-32/h5-12,23-26H,13-22H2,1-4H3. The highest BCUT2D eigenvalue weighted by atomic mass is 32.2. The summed E-state index contributed by atoms with van der Waals surface area (Å²) in [6, 6.07) is 12.9. The van der Waals surface area contributed by atoms with E-state index in [1.54, 1.807) is 48.5 Å². The molecule has 0 aromatic heterocycles. The summed E-state index contributed by atoms with van der Waals surface area (Å²) in [5.74, 6) is 3.55. The van der Waals surface area contributed by atoms with E-state index in [2.05, 4.69) is 37.5 Å². The Bertz CT molecular complexity index is 1170. The first-order valence-electron chi connectivity index (χ1n) is 14.2. The van der Waals surface area contributed by atoms with Crippen molar-refractivity contribution in [3.63, 3.8) is 0 Å². The second-order valence-electron chi connectivity index (χ2n) is 12.1. The summed E-state index contributed by atoms with van der Waals surface area (Å²) in [6.07, 6.45) is 2.39. The Labute approximate surface area is 235 Å². The van der Waals surface area contributed by atoms with Crippen LogP contribution in [-0.2, 0) is 19.7 Å². The minimum absolute atomic E-state index is 0.0956. The van der Waals surface area contributed by atoms with Crippen LogP contribution in [0.15, 0.2) is 58.3 Å². The summed E-state index contributed by atoms with van der Waals surface area (Å²) in [4.78, 5) is 5.08. The molecule has 9 heteroatoms. The topological polar surface area (TPSA) is 84.0 Å². The normalized spacial score (nSPS) is 25.4. The Balaban J connectivity index is 1.30. The first-order valence-corrected chi connectivity index (χ1v) is 17.5. The van der Waals surface area contributed by atoms with Crippen LogP contribution in [0.5, 0.6) is 11.5 Å². The minimum atomic E-state index is -3.39. The van der Waals surface area contributed by atoms with Crippen molar-refractivity contribution in [2.75, 3.05) is 50.8 Å². The van der Waals surface area contributed by atoms with Crippen LogP contribution in [0.1, 0.15) is 40.5 Å². The third kappa shape index (κ3) is 8.52. The van der Waals surface area contributed by atoms with Crippen molar-refractivity contribution in [2.45, 2.75) is 50.3 Å². The van der Waals surface area contributed by atoms with Gasteiger partial charge in [-0.2, -0.15) is 0 Å². The van der Waals surface area contributed by atoms with Gasteiger partial charge in [-0.25, -0.2) is 16.8 Å². The molecule has 2 heterocycles. The van der Waals surface area contributed by atoms with E-state index in [1.165, 1.54) is 12.8 Å². The molecule has 0 amide bonds. The lowest BCUT2D eigenvalue weighted by atomic mass is 9.92. The van der Waals surface area contributed by atoms with E-state index in [-0.39, 0.29) is 21.3 Å². The first kappa shape index (κ1) is 30.0. The summed E-state index contributed by atoms with van der Waals surface area (Å²) in [5.41, 5.74) is 0. The molecular formula is C30H44N2O5S2. The summed E-state index contributed by atoms with van der Waals surface area (Å²) in [5, 5.41) is 0. The highest BCUT2D eigenvalue weighted by Crippen LogP contribution is 2.26. The molecule has 39 heavy (non-hydrogen) atoms. The van der Waals surface area contributed by atoms with Crippen molar-refractivity contribution in [3.05, 3.63) is 48.5 Å². The largest absolute Gasteiger partial charge is 0.457 e. The predicted molar refractivity (Wildman–Crippen MR) is 156 cm³/mol. The van der Waals surface area contributed by atoms with Crippen molar-refractivity contribution >= 4 is 19.7 Å². The van der Waals surface area contributed by atoms with Gasteiger partial charge in [0.2, 0.25) is 0 Å². The van der Waals surface area contributed by atoms with E-state index in [4.69, 9.17) is 4.74 Å². The highest BCUT2D eigenvalue weighted by Gasteiger charge is 2.25. The summed E-state index contributed by atoms with van der Waals surface area (Å²) < 4.78 is 57.5. The number of nitrogens with zero attached hydrogens (tertiary/aromatic N) is 2. The number of ether oxygens (including phenoxy) is 1.